The first kappa shape index (κ1) is 31.6. The van der Waals surface area contributed by atoms with Crippen molar-refractivity contribution in [3.8, 4) is 0 Å². The highest BCUT2D eigenvalue weighted by Gasteiger charge is 2.33. The van der Waals surface area contributed by atoms with Crippen LogP contribution in [0.25, 0.3) is 0 Å². The number of nitrogens with one attached hydrogen (secondary N) is 1. The summed E-state index contributed by atoms with van der Waals surface area (Å²) in [5, 5.41) is 3.33. The van der Waals surface area contributed by atoms with E-state index in [1.54, 1.807) is 19.1 Å². The maximum Gasteiger partial charge on any atom is 0.264 e. The number of hydrogen-bond acceptors (Lipinski definition) is 4. The smallest absolute Gasteiger partial charge is 0.264 e. The normalized spacial score (nSPS) is 12.9. The van der Waals surface area contributed by atoms with Crippen molar-refractivity contribution in [3.63, 3.8) is 0 Å². The average Bonchev–Trinajstić information content (AvgIpc) is 2.92. The summed E-state index contributed by atoms with van der Waals surface area (Å²) in [6, 6.07) is 17.6. The van der Waals surface area contributed by atoms with Crippen LogP contribution in [0.2, 0.25) is 5.02 Å². The van der Waals surface area contributed by atoms with E-state index in [9.17, 15) is 18.0 Å². The van der Waals surface area contributed by atoms with E-state index in [1.807, 2.05) is 58.0 Å². The lowest BCUT2D eigenvalue weighted by atomic mass is 10.1. The molecule has 0 fully saturated rings. The van der Waals surface area contributed by atoms with Gasteiger partial charge in [-0.1, -0.05) is 52.7 Å². The molecule has 0 spiro atoms. The number of benzene rings is 3. The Bertz CT molecular complexity index is 1450. The summed E-state index contributed by atoms with van der Waals surface area (Å²) in [6.07, 6.45) is 0.735. The van der Waals surface area contributed by atoms with Gasteiger partial charge in [-0.2, -0.15) is 0 Å². The summed E-state index contributed by atoms with van der Waals surface area (Å²) in [6.45, 7) is 8.96. The van der Waals surface area contributed by atoms with Crippen LogP contribution in [0.3, 0.4) is 0 Å². The number of carbonyl (C=O) groups is 2. The van der Waals surface area contributed by atoms with Gasteiger partial charge in [0.05, 0.1) is 10.6 Å². The third kappa shape index (κ3) is 7.86. The number of amides is 2. The number of sulfonamides is 1. The molecular formula is C30H35BrClN3O4S. The molecule has 10 heteroatoms. The van der Waals surface area contributed by atoms with Crippen LogP contribution in [0.1, 0.15) is 43.9 Å². The van der Waals surface area contributed by atoms with Crippen LogP contribution in [0, 0.1) is 13.8 Å². The number of carbonyl (C=O) groups excluding carboxylic acids is 2. The summed E-state index contributed by atoms with van der Waals surface area (Å²) in [4.78, 5) is 28.6. The summed E-state index contributed by atoms with van der Waals surface area (Å²) < 4.78 is 29.8. The van der Waals surface area contributed by atoms with Gasteiger partial charge in [0.15, 0.2) is 0 Å². The fraction of sp³-hybridized carbons (Fsp3) is 0.333. The van der Waals surface area contributed by atoms with E-state index < -0.39 is 28.5 Å². The van der Waals surface area contributed by atoms with Gasteiger partial charge in [0.25, 0.3) is 10.0 Å². The van der Waals surface area contributed by atoms with Crippen molar-refractivity contribution < 1.29 is 18.0 Å². The lowest BCUT2D eigenvalue weighted by Crippen LogP contribution is -2.52. The van der Waals surface area contributed by atoms with Gasteiger partial charge in [-0.15, -0.1) is 0 Å². The quantitative estimate of drug-likeness (QED) is 0.267. The summed E-state index contributed by atoms with van der Waals surface area (Å²) in [7, 11) is -4.16. The van der Waals surface area contributed by atoms with Gasteiger partial charge in [0.2, 0.25) is 11.8 Å². The van der Waals surface area contributed by atoms with Crippen LogP contribution in [-0.4, -0.2) is 43.8 Å². The molecule has 214 valence electrons. The first-order valence-corrected chi connectivity index (χ1v) is 15.6. The zero-order valence-corrected chi connectivity index (χ0v) is 26.5. The minimum Gasteiger partial charge on any atom is -0.352 e. The van der Waals surface area contributed by atoms with E-state index in [1.165, 1.54) is 29.2 Å². The van der Waals surface area contributed by atoms with E-state index in [4.69, 9.17) is 11.6 Å². The van der Waals surface area contributed by atoms with Crippen LogP contribution in [0.15, 0.2) is 76.1 Å². The molecule has 0 heterocycles. The topological polar surface area (TPSA) is 86.8 Å². The summed E-state index contributed by atoms with van der Waals surface area (Å²) in [5.41, 5.74) is 3.03. The third-order valence-corrected chi connectivity index (χ3v) is 9.46. The van der Waals surface area contributed by atoms with Gasteiger partial charge >= 0.3 is 0 Å². The van der Waals surface area contributed by atoms with Crippen LogP contribution in [0.5, 0.6) is 0 Å². The van der Waals surface area contributed by atoms with Gasteiger partial charge in [-0.05, 0) is 99.3 Å². The molecule has 0 bridgehead atoms. The van der Waals surface area contributed by atoms with Gasteiger partial charge in [-0.3, -0.25) is 13.9 Å². The highest BCUT2D eigenvalue weighted by Crippen LogP contribution is 2.27. The number of halogens is 2. The van der Waals surface area contributed by atoms with Crippen LogP contribution >= 0.6 is 27.5 Å². The number of anilines is 1. The maximum absolute atomic E-state index is 14.0. The Morgan fingerprint density at radius 1 is 0.950 bits per heavy atom. The molecule has 3 rings (SSSR count). The molecule has 7 nitrogen and oxygen atoms in total. The molecule has 0 aromatic heterocycles. The highest BCUT2D eigenvalue weighted by molar-refractivity contribution is 9.10. The number of rotatable bonds is 11. The Morgan fingerprint density at radius 2 is 1.57 bits per heavy atom. The second-order valence-corrected chi connectivity index (χ2v) is 13.1. The Hall–Kier alpha value is -2.88. The van der Waals surface area contributed by atoms with Crippen molar-refractivity contribution in [2.45, 2.75) is 64.6 Å². The molecule has 3 aromatic carbocycles. The summed E-state index contributed by atoms with van der Waals surface area (Å²) in [5.74, 6) is -0.816. The molecule has 3 aromatic rings. The number of aryl methyl sites for hydroxylation is 2. The molecule has 0 saturated carbocycles. The number of hydrogen-bond donors (Lipinski definition) is 1. The van der Waals surface area contributed by atoms with Gasteiger partial charge in [0, 0.05) is 22.1 Å². The van der Waals surface area contributed by atoms with Crippen molar-refractivity contribution in [1.29, 1.82) is 0 Å². The first-order chi connectivity index (χ1) is 18.8. The fourth-order valence-corrected chi connectivity index (χ4v) is 5.77. The standard InChI is InChI=1S/C30H35BrClN3O4S/c1-6-22(4)33-30(37)23(5)34(18-24-8-10-25(31)11-9-24)29(36)19-35(27-14-7-20(2)21(3)17-27)40(38,39)28-15-12-26(32)13-16-28/h7-17,22-23H,6,18-19H2,1-5H3,(H,33,37)/t22-,23-/m1/s1. The minimum atomic E-state index is -4.16. The Balaban J connectivity index is 2.04. The van der Waals surface area contributed by atoms with Gasteiger partial charge in [0.1, 0.15) is 12.6 Å². The molecule has 2 atom stereocenters. The average molecular weight is 649 g/mol. The molecule has 0 radical (unpaired) electrons. The molecule has 0 aliphatic heterocycles. The van der Waals surface area contributed by atoms with Crippen molar-refractivity contribution in [2.24, 2.45) is 0 Å². The van der Waals surface area contributed by atoms with Crippen molar-refractivity contribution in [3.05, 3.63) is 92.9 Å². The molecule has 0 aliphatic rings. The molecular weight excluding hydrogens is 614 g/mol. The van der Waals surface area contributed by atoms with Gasteiger partial charge < -0.3 is 10.2 Å². The van der Waals surface area contributed by atoms with Crippen molar-refractivity contribution in [2.75, 3.05) is 10.8 Å². The Labute approximate surface area is 250 Å². The SMILES string of the molecule is CC[C@@H](C)NC(=O)[C@@H](C)N(Cc1ccc(Br)cc1)C(=O)CN(c1ccc(C)c(C)c1)S(=O)(=O)c1ccc(Cl)cc1. The Kier molecular flexibility index (Phi) is 10.8. The van der Waals surface area contributed by atoms with E-state index >= 15 is 0 Å². The molecule has 40 heavy (non-hydrogen) atoms. The van der Waals surface area contributed by atoms with E-state index in [-0.39, 0.29) is 23.4 Å². The van der Waals surface area contributed by atoms with Crippen LogP contribution < -0.4 is 9.62 Å². The first-order valence-electron chi connectivity index (χ1n) is 13.0. The zero-order chi connectivity index (χ0) is 29.6. The Morgan fingerprint density at radius 3 is 2.15 bits per heavy atom. The second-order valence-electron chi connectivity index (χ2n) is 9.88. The zero-order valence-electron chi connectivity index (χ0n) is 23.3. The lowest BCUT2D eigenvalue weighted by molar-refractivity contribution is -0.139. The van der Waals surface area contributed by atoms with Crippen LogP contribution in [0.4, 0.5) is 5.69 Å². The molecule has 2 amide bonds. The molecule has 0 aliphatic carbocycles. The lowest BCUT2D eigenvalue weighted by Gasteiger charge is -2.32. The van der Waals surface area contributed by atoms with Gasteiger partial charge in [-0.25, -0.2) is 8.42 Å². The third-order valence-electron chi connectivity index (χ3n) is 6.89. The fourth-order valence-electron chi connectivity index (χ4n) is 3.98. The molecule has 1 N–H and O–H groups in total. The van der Waals surface area contributed by atoms with Crippen LogP contribution in [-0.2, 0) is 26.2 Å². The largest absolute Gasteiger partial charge is 0.352 e. The molecule has 0 saturated heterocycles. The maximum atomic E-state index is 14.0. The monoisotopic (exact) mass is 647 g/mol. The predicted molar refractivity (Wildman–Crippen MR) is 164 cm³/mol. The van der Waals surface area contributed by atoms with E-state index in [2.05, 4.69) is 21.2 Å². The number of nitrogens with zero attached hydrogens (tertiary/aromatic N) is 2. The minimum absolute atomic E-state index is 0.00458. The van der Waals surface area contributed by atoms with Crippen molar-refractivity contribution >= 4 is 55.1 Å². The highest BCUT2D eigenvalue weighted by atomic mass is 79.9. The van der Waals surface area contributed by atoms with Crippen molar-refractivity contribution in [1.82, 2.24) is 10.2 Å². The summed E-state index contributed by atoms with van der Waals surface area (Å²) >= 11 is 9.43. The second kappa shape index (κ2) is 13.7. The van der Waals surface area contributed by atoms with E-state index in [0.717, 1.165) is 31.9 Å². The predicted octanol–water partition coefficient (Wildman–Crippen LogP) is 6.25. The van der Waals surface area contributed by atoms with E-state index in [0.29, 0.717) is 10.7 Å². The molecule has 0 unspecified atom stereocenters.